The van der Waals surface area contributed by atoms with E-state index in [9.17, 15) is 4.79 Å². The monoisotopic (exact) mass is 435 g/mol. The summed E-state index contributed by atoms with van der Waals surface area (Å²) in [6.07, 6.45) is 0. The summed E-state index contributed by atoms with van der Waals surface area (Å²) in [5.74, 6) is -0.239. The molecule has 1 aromatic heterocycles. The van der Waals surface area contributed by atoms with Crippen molar-refractivity contribution in [3.63, 3.8) is 0 Å². The summed E-state index contributed by atoms with van der Waals surface area (Å²) in [6.45, 7) is 0. The Morgan fingerprint density at radius 3 is 1.96 bits per heavy atom. The van der Waals surface area contributed by atoms with Crippen molar-refractivity contribution in [3.8, 4) is 16.9 Å². The molecule has 0 N–H and O–H groups in total. The Morgan fingerprint density at radius 2 is 1.33 bits per heavy atom. The third kappa shape index (κ3) is 4.15. The molecule has 0 aliphatic carbocycles. The van der Waals surface area contributed by atoms with Crippen LogP contribution in [0.1, 0.15) is 10.4 Å². The number of aromatic nitrogens is 1. The molecular formula is C22H16BrN2OS-. The molecule has 0 bridgehead atoms. The fourth-order valence-electron chi connectivity index (χ4n) is 2.76. The van der Waals surface area contributed by atoms with E-state index >= 15 is 0 Å². The van der Waals surface area contributed by atoms with Gasteiger partial charge in [-0.2, -0.15) is 4.99 Å². The molecule has 134 valence electrons. The Labute approximate surface area is 172 Å². The first-order chi connectivity index (χ1) is 12.8. The second-order valence-corrected chi connectivity index (χ2v) is 6.56. The molecule has 5 heteroatoms. The third-order valence-corrected chi connectivity index (χ3v) is 4.84. The highest BCUT2D eigenvalue weighted by atomic mass is 79.9. The molecule has 27 heavy (non-hydrogen) atoms. The van der Waals surface area contributed by atoms with Crippen LogP contribution in [0.2, 0.25) is 0 Å². The van der Waals surface area contributed by atoms with Gasteiger partial charge in [0.2, 0.25) is 0 Å². The molecule has 3 nitrogen and oxygen atoms in total. The van der Waals surface area contributed by atoms with Crippen LogP contribution in [0, 0.1) is 0 Å². The fourth-order valence-corrected chi connectivity index (χ4v) is 3.66. The standard InChI is InChI=1S/C22H16N2OS.BrH/c25-21(18-12-6-2-7-13-18)23-22-24(19-14-8-3-9-15-19)20(16-26-22)17-10-4-1-5-11-17;/h1-16H;1H/p-1. The lowest BCUT2D eigenvalue weighted by atomic mass is 10.1. The van der Waals surface area contributed by atoms with Crippen molar-refractivity contribution in [1.82, 2.24) is 4.57 Å². The van der Waals surface area contributed by atoms with Crippen LogP contribution < -0.4 is 21.8 Å². The number of hydrogen-bond donors (Lipinski definition) is 0. The first-order valence-electron chi connectivity index (χ1n) is 8.28. The summed E-state index contributed by atoms with van der Waals surface area (Å²) in [5, 5.41) is 2.04. The number of nitrogens with zero attached hydrogens (tertiary/aromatic N) is 2. The van der Waals surface area contributed by atoms with E-state index in [2.05, 4.69) is 17.1 Å². The van der Waals surface area contributed by atoms with Gasteiger partial charge in [-0.1, -0.05) is 66.7 Å². The van der Waals surface area contributed by atoms with Gasteiger partial charge in [-0.3, -0.25) is 9.36 Å². The van der Waals surface area contributed by atoms with Gasteiger partial charge in [0, 0.05) is 16.6 Å². The van der Waals surface area contributed by atoms with E-state index in [1.807, 2.05) is 76.7 Å². The van der Waals surface area contributed by atoms with Crippen molar-refractivity contribution < 1.29 is 21.8 Å². The van der Waals surface area contributed by atoms with Crippen molar-refractivity contribution in [3.05, 3.63) is 107 Å². The third-order valence-electron chi connectivity index (χ3n) is 4.01. The van der Waals surface area contributed by atoms with Gasteiger partial charge >= 0.3 is 0 Å². The Bertz CT molecular complexity index is 1090. The smallest absolute Gasteiger partial charge is 0.279 e. The Balaban J connectivity index is 0.00000210. The largest absolute Gasteiger partial charge is 1.00 e. The van der Waals surface area contributed by atoms with E-state index in [1.54, 1.807) is 12.1 Å². The summed E-state index contributed by atoms with van der Waals surface area (Å²) in [4.78, 5) is 17.6. The first kappa shape index (κ1) is 19.0. The minimum atomic E-state index is -0.239. The number of thiazole rings is 1. The van der Waals surface area contributed by atoms with E-state index in [4.69, 9.17) is 0 Å². The normalized spacial score (nSPS) is 11.0. The zero-order chi connectivity index (χ0) is 17.8. The van der Waals surface area contributed by atoms with Crippen LogP contribution in [-0.2, 0) is 0 Å². The average Bonchev–Trinajstić information content (AvgIpc) is 3.13. The number of carbonyl (C=O) groups excluding carboxylic acids is 1. The van der Waals surface area contributed by atoms with Crippen LogP contribution in [0.25, 0.3) is 16.9 Å². The van der Waals surface area contributed by atoms with Gasteiger partial charge < -0.3 is 17.0 Å². The average molecular weight is 436 g/mol. The predicted molar refractivity (Wildman–Crippen MR) is 105 cm³/mol. The van der Waals surface area contributed by atoms with Gasteiger partial charge in [0.05, 0.1) is 5.69 Å². The molecule has 0 radical (unpaired) electrons. The number of carbonyl (C=O) groups is 1. The van der Waals surface area contributed by atoms with Crippen LogP contribution in [0.4, 0.5) is 0 Å². The number of hydrogen-bond acceptors (Lipinski definition) is 2. The zero-order valence-electron chi connectivity index (χ0n) is 14.3. The van der Waals surface area contributed by atoms with Crippen molar-refractivity contribution in [2.75, 3.05) is 0 Å². The maximum absolute atomic E-state index is 12.6. The number of amides is 1. The molecule has 3 aromatic carbocycles. The summed E-state index contributed by atoms with van der Waals surface area (Å²) in [7, 11) is 0. The molecule has 0 aliphatic rings. The highest BCUT2D eigenvalue weighted by Crippen LogP contribution is 2.23. The summed E-state index contributed by atoms with van der Waals surface area (Å²) in [6, 6.07) is 29.3. The molecule has 1 amide bonds. The molecule has 0 unspecified atom stereocenters. The molecule has 0 saturated heterocycles. The summed E-state index contributed by atoms with van der Waals surface area (Å²) < 4.78 is 2.03. The second kappa shape index (κ2) is 8.75. The topological polar surface area (TPSA) is 34.4 Å². The van der Waals surface area contributed by atoms with Crippen molar-refractivity contribution in [2.45, 2.75) is 0 Å². The second-order valence-electron chi connectivity index (χ2n) is 5.72. The Morgan fingerprint density at radius 1 is 0.778 bits per heavy atom. The van der Waals surface area contributed by atoms with E-state index in [0.717, 1.165) is 16.9 Å². The Kier molecular flexibility index (Phi) is 6.16. The molecule has 0 fully saturated rings. The maximum Gasteiger partial charge on any atom is 0.279 e. The van der Waals surface area contributed by atoms with Crippen molar-refractivity contribution in [1.29, 1.82) is 0 Å². The van der Waals surface area contributed by atoms with Gasteiger partial charge in [-0.15, -0.1) is 11.3 Å². The van der Waals surface area contributed by atoms with Gasteiger partial charge in [-0.25, -0.2) is 0 Å². The van der Waals surface area contributed by atoms with Crippen LogP contribution in [0.15, 0.2) is 101 Å². The minimum Gasteiger partial charge on any atom is -1.00 e. The number of rotatable bonds is 3. The van der Waals surface area contributed by atoms with Gasteiger partial charge in [0.1, 0.15) is 0 Å². The number of para-hydroxylation sites is 1. The van der Waals surface area contributed by atoms with E-state index in [0.29, 0.717) is 10.4 Å². The predicted octanol–water partition coefficient (Wildman–Crippen LogP) is 1.95. The number of halogens is 1. The van der Waals surface area contributed by atoms with E-state index in [-0.39, 0.29) is 22.9 Å². The lowest BCUT2D eigenvalue weighted by Crippen LogP contribution is -3.00. The summed E-state index contributed by atoms with van der Waals surface area (Å²) >= 11 is 1.46. The maximum atomic E-state index is 12.6. The van der Waals surface area contributed by atoms with Crippen molar-refractivity contribution in [2.24, 2.45) is 4.99 Å². The number of benzene rings is 3. The molecule has 0 spiro atoms. The molecule has 4 rings (SSSR count). The first-order valence-corrected chi connectivity index (χ1v) is 9.16. The summed E-state index contributed by atoms with van der Waals surface area (Å²) in [5.41, 5.74) is 3.66. The highest BCUT2D eigenvalue weighted by molar-refractivity contribution is 7.07. The van der Waals surface area contributed by atoms with Gasteiger partial charge in [-0.05, 0) is 29.8 Å². The molecule has 0 atom stereocenters. The molecule has 0 aliphatic heterocycles. The molecule has 4 aromatic rings. The molecule has 0 saturated carbocycles. The molecular weight excluding hydrogens is 420 g/mol. The van der Waals surface area contributed by atoms with E-state index in [1.165, 1.54) is 11.3 Å². The van der Waals surface area contributed by atoms with Crippen LogP contribution >= 0.6 is 11.3 Å². The lowest BCUT2D eigenvalue weighted by Gasteiger charge is -2.09. The van der Waals surface area contributed by atoms with Crippen LogP contribution in [0.5, 0.6) is 0 Å². The molecule has 1 heterocycles. The van der Waals surface area contributed by atoms with Crippen LogP contribution in [-0.4, -0.2) is 10.5 Å². The van der Waals surface area contributed by atoms with Gasteiger partial charge in [0.15, 0.2) is 4.80 Å². The van der Waals surface area contributed by atoms with E-state index < -0.39 is 0 Å². The SMILES string of the molecule is O=C(N=c1scc(-c2ccccc2)n1-c1ccccc1)c1ccccc1.[Br-]. The minimum absolute atomic E-state index is 0. The Hall–Kier alpha value is -2.76. The highest BCUT2D eigenvalue weighted by Gasteiger charge is 2.11. The quantitative estimate of drug-likeness (QED) is 0.484. The lowest BCUT2D eigenvalue weighted by molar-refractivity contribution is -0.0000130. The zero-order valence-corrected chi connectivity index (χ0v) is 16.7. The van der Waals surface area contributed by atoms with Crippen molar-refractivity contribution >= 4 is 17.2 Å². The van der Waals surface area contributed by atoms with Crippen LogP contribution in [0.3, 0.4) is 0 Å². The van der Waals surface area contributed by atoms with Gasteiger partial charge in [0.25, 0.3) is 5.91 Å². The fraction of sp³-hybridized carbons (Fsp3) is 0.